The molecule has 2 rings (SSSR count). The molecule has 0 bridgehead atoms. The fraction of sp³-hybridized carbons (Fsp3) is 0.588. The van der Waals surface area contributed by atoms with Crippen LogP contribution in [-0.4, -0.2) is 31.1 Å². The molecule has 0 aromatic heterocycles. The molecule has 0 spiro atoms. The Morgan fingerprint density at radius 3 is 2.33 bits per heavy atom. The van der Waals surface area contributed by atoms with E-state index in [1.165, 1.54) is 5.56 Å². The zero-order valence-electron chi connectivity index (χ0n) is 13.6. The fourth-order valence-electron chi connectivity index (χ4n) is 2.87. The first-order chi connectivity index (χ1) is 9.96. The number of nitrogens with zero attached hydrogens (tertiary/aromatic N) is 1. The summed E-state index contributed by atoms with van der Waals surface area (Å²) in [5.41, 5.74) is 2.40. The standard InChI is InChI=1S/C17H25NO3/c1-11(2)6-17(19)18-10-14-9-16(21-5)15(20-4)8-13(14)7-12(18)3/h8-9,11-12H,6-7,10H2,1-5H3. The Labute approximate surface area is 127 Å². The van der Waals surface area contributed by atoms with Crippen molar-refractivity contribution in [3.63, 3.8) is 0 Å². The van der Waals surface area contributed by atoms with Gasteiger partial charge in [0.1, 0.15) is 0 Å². The predicted molar refractivity (Wildman–Crippen MR) is 82.7 cm³/mol. The molecule has 0 aliphatic carbocycles. The van der Waals surface area contributed by atoms with Crippen LogP contribution in [0.2, 0.25) is 0 Å². The smallest absolute Gasteiger partial charge is 0.223 e. The van der Waals surface area contributed by atoms with E-state index in [1.807, 2.05) is 17.0 Å². The van der Waals surface area contributed by atoms with Gasteiger partial charge in [0.25, 0.3) is 0 Å². The highest BCUT2D eigenvalue weighted by Crippen LogP contribution is 2.34. The van der Waals surface area contributed by atoms with Gasteiger partial charge in [-0.25, -0.2) is 0 Å². The van der Waals surface area contributed by atoms with Crippen LogP contribution in [-0.2, 0) is 17.8 Å². The van der Waals surface area contributed by atoms with Crippen LogP contribution < -0.4 is 9.47 Å². The minimum atomic E-state index is 0.224. The zero-order valence-corrected chi connectivity index (χ0v) is 13.6. The van der Waals surface area contributed by atoms with E-state index in [0.29, 0.717) is 18.9 Å². The molecule has 0 N–H and O–H groups in total. The quantitative estimate of drug-likeness (QED) is 0.856. The van der Waals surface area contributed by atoms with Gasteiger partial charge in [-0.05, 0) is 42.5 Å². The van der Waals surface area contributed by atoms with Crippen LogP contribution >= 0.6 is 0 Å². The third-order valence-electron chi connectivity index (χ3n) is 4.00. The minimum absolute atomic E-state index is 0.224. The molecule has 116 valence electrons. The average Bonchev–Trinajstić information content (AvgIpc) is 2.44. The lowest BCUT2D eigenvalue weighted by molar-refractivity contribution is -0.135. The summed E-state index contributed by atoms with van der Waals surface area (Å²) >= 11 is 0. The van der Waals surface area contributed by atoms with Crippen molar-refractivity contribution in [1.29, 1.82) is 0 Å². The summed E-state index contributed by atoms with van der Waals surface area (Å²) in [5, 5.41) is 0. The van der Waals surface area contributed by atoms with Crippen molar-refractivity contribution in [3.05, 3.63) is 23.3 Å². The first-order valence-electron chi connectivity index (χ1n) is 7.49. The van der Waals surface area contributed by atoms with E-state index in [1.54, 1.807) is 14.2 Å². The molecule has 0 radical (unpaired) electrons. The Morgan fingerprint density at radius 1 is 1.24 bits per heavy atom. The molecule has 21 heavy (non-hydrogen) atoms. The Morgan fingerprint density at radius 2 is 1.81 bits per heavy atom. The van der Waals surface area contributed by atoms with E-state index < -0.39 is 0 Å². The van der Waals surface area contributed by atoms with Crippen LogP contribution in [0.15, 0.2) is 12.1 Å². The van der Waals surface area contributed by atoms with Gasteiger partial charge >= 0.3 is 0 Å². The van der Waals surface area contributed by atoms with Crippen molar-refractivity contribution in [1.82, 2.24) is 4.90 Å². The third-order valence-corrected chi connectivity index (χ3v) is 4.00. The molecule has 0 fully saturated rings. The Kier molecular flexibility index (Phi) is 4.76. The molecule has 1 atom stereocenters. The monoisotopic (exact) mass is 291 g/mol. The van der Waals surface area contributed by atoms with Gasteiger partial charge in [-0.2, -0.15) is 0 Å². The summed E-state index contributed by atoms with van der Waals surface area (Å²) in [5.74, 6) is 2.10. The van der Waals surface area contributed by atoms with Crippen LogP contribution in [0.3, 0.4) is 0 Å². The van der Waals surface area contributed by atoms with Gasteiger partial charge in [0.05, 0.1) is 14.2 Å². The molecule has 1 aliphatic heterocycles. The summed E-state index contributed by atoms with van der Waals surface area (Å²) in [6.45, 7) is 6.92. The number of amides is 1. The van der Waals surface area contributed by atoms with Crippen molar-refractivity contribution in [3.8, 4) is 11.5 Å². The van der Waals surface area contributed by atoms with Crippen molar-refractivity contribution < 1.29 is 14.3 Å². The molecule has 4 heteroatoms. The van der Waals surface area contributed by atoms with Crippen LogP contribution in [0.4, 0.5) is 0 Å². The van der Waals surface area contributed by atoms with E-state index in [2.05, 4.69) is 20.8 Å². The molecule has 1 heterocycles. The fourth-order valence-corrected chi connectivity index (χ4v) is 2.87. The highest BCUT2D eigenvalue weighted by molar-refractivity contribution is 5.77. The average molecular weight is 291 g/mol. The van der Waals surface area contributed by atoms with Gasteiger partial charge in [0.15, 0.2) is 11.5 Å². The molecule has 1 aromatic carbocycles. The second-order valence-corrected chi connectivity index (χ2v) is 6.15. The molecule has 1 aliphatic rings. The highest BCUT2D eigenvalue weighted by Gasteiger charge is 2.28. The lowest BCUT2D eigenvalue weighted by Crippen LogP contribution is -2.43. The van der Waals surface area contributed by atoms with Crippen molar-refractivity contribution in [2.45, 2.75) is 46.2 Å². The van der Waals surface area contributed by atoms with Crippen molar-refractivity contribution in [2.24, 2.45) is 5.92 Å². The van der Waals surface area contributed by atoms with Crippen LogP contribution in [0.5, 0.6) is 11.5 Å². The SMILES string of the molecule is COc1cc2c(cc1OC)CN(C(=O)CC(C)C)C(C)C2. The number of hydrogen-bond acceptors (Lipinski definition) is 3. The Hall–Kier alpha value is -1.71. The van der Waals surface area contributed by atoms with E-state index in [0.717, 1.165) is 23.5 Å². The van der Waals surface area contributed by atoms with Crippen LogP contribution in [0.1, 0.15) is 38.3 Å². The Bertz CT molecular complexity index is 525. The number of carbonyl (C=O) groups is 1. The lowest BCUT2D eigenvalue weighted by Gasteiger charge is -2.35. The first kappa shape index (κ1) is 15.7. The number of methoxy groups -OCH3 is 2. The number of benzene rings is 1. The molecule has 1 aromatic rings. The Balaban J connectivity index is 2.27. The summed E-state index contributed by atoms with van der Waals surface area (Å²) < 4.78 is 10.7. The maximum atomic E-state index is 12.4. The van der Waals surface area contributed by atoms with Gasteiger partial charge < -0.3 is 14.4 Å². The topological polar surface area (TPSA) is 38.8 Å². The van der Waals surface area contributed by atoms with Gasteiger partial charge in [0.2, 0.25) is 5.91 Å². The van der Waals surface area contributed by atoms with Crippen molar-refractivity contribution >= 4 is 5.91 Å². The maximum Gasteiger partial charge on any atom is 0.223 e. The minimum Gasteiger partial charge on any atom is -0.493 e. The largest absolute Gasteiger partial charge is 0.493 e. The lowest BCUT2D eigenvalue weighted by atomic mass is 9.93. The number of carbonyl (C=O) groups excluding carboxylic acids is 1. The van der Waals surface area contributed by atoms with Gasteiger partial charge in [-0.3, -0.25) is 4.79 Å². The molecular formula is C17H25NO3. The second kappa shape index (κ2) is 6.37. The van der Waals surface area contributed by atoms with Gasteiger partial charge in [0, 0.05) is 19.0 Å². The van der Waals surface area contributed by atoms with E-state index in [4.69, 9.17) is 9.47 Å². The highest BCUT2D eigenvalue weighted by atomic mass is 16.5. The second-order valence-electron chi connectivity index (χ2n) is 6.15. The van der Waals surface area contributed by atoms with E-state index >= 15 is 0 Å². The van der Waals surface area contributed by atoms with Gasteiger partial charge in [-0.1, -0.05) is 13.8 Å². The normalized spacial score (nSPS) is 17.6. The summed E-state index contributed by atoms with van der Waals surface area (Å²) in [6.07, 6.45) is 1.46. The first-order valence-corrected chi connectivity index (χ1v) is 7.49. The molecule has 0 saturated carbocycles. The number of rotatable bonds is 4. The zero-order chi connectivity index (χ0) is 15.6. The maximum absolute atomic E-state index is 12.4. The number of fused-ring (bicyclic) bond motifs is 1. The molecule has 4 nitrogen and oxygen atoms in total. The van der Waals surface area contributed by atoms with Crippen LogP contribution in [0, 0.1) is 5.92 Å². The molecule has 1 amide bonds. The summed E-state index contributed by atoms with van der Waals surface area (Å²) in [7, 11) is 3.28. The van der Waals surface area contributed by atoms with Crippen molar-refractivity contribution in [2.75, 3.05) is 14.2 Å². The van der Waals surface area contributed by atoms with E-state index in [9.17, 15) is 4.79 Å². The number of ether oxygens (including phenoxy) is 2. The van der Waals surface area contributed by atoms with E-state index in [-0.39, 0.29) is 11.9 Å². The molecule has 1 unspecified atom stereocenters. The molecular weight excluding hydrogens is 266 g/mol. The summed E-state index contributed by atoms with van der Waals surface area (Å²) in [6, 6.07) is 4.26. The molecule has 0 saturated heterocycles. The predicted octanol–water partition coefficient (Wildman–Crippen LogP) is 3.02. The number of hydrogen-bond donors (Lipinski definition) is 0. The third kappa shape index (κ3) is 3.31. The van der Waals surface area contributed by atoms with Gasteiger partial charge in [-0.15, -0.1) is 0 Å². The summed E-state index contributed by atoms with van der Waals surface area (Å²) in [4.78, 5) is 14.4. The van der Waals surface area contributed by atoms with Crippen LogP contribution in [0.25, 0.3) is 0 Å².